The van der Waals surface area contributed by atoms with Crippen LogP contribution in [0.25, 0.3) is 0 Å². The lowest BCUT2D eigenvalue weighted by Gasteiger charge is -2.15. The SMILES string of the molecule is CC/C=C\C/C=C\C/C=C\C/C=C\C/C=C\C/C=C\C/C=C\C/C=C\C/C=C\CCCCCC(=O)OC(CO)COC(=O)CCCCCCCCCCCC. The van der Waals surface area contributed by atoms with Gasteiger partial charge in [0.1, 0.15) is 6.61 Å². The van der Waals surface area contributed by atoms with E-state index in [0.717, 1.165) is 103 Å². The maximum Gasteiger partial charge on any atom is 0.306 e. The van der Waals surface area contributed by atoms with Crippen LogP contribution in [0.1, 0.15) is 174 Å². The van der Waals surface area contributed by atoms with Crippen LogP contribution in [0.4, 0.5) is 0 Å². The Labute approximate surface area is 338 Å². The molecule has 0 radical (unpaired) electrons. The summed E-state index contributed by atoms with van der Waals surface area (Å²) in [5.74, 6) is -0.640. The number of rotatable bonds is 38. The zero-order valence-corrected chi connectivity index (χ0v) is 35.1. The summed E-state index contributed by atoms with van der Waals surface area (Å²) in [4.78, 5) is 24.2. The van der Waals surface area contributed by atoms with Crippen LogP contribution < -0.4 is 0 Å². The minimum Gasteiger partial charge on any atom is -0.462 e. The van der Waals surface area contributed by atoms with Crippen molar-refractivity contribution >= 4 is 11.9 Å². The summed E-state index contributed by atoms with van der Waals surface area (Å²) in [6, 6.07) is 0. The number of unbranched alkanes of at least 4 members (excludes halogenated alkanes) is 12. The first-order valence-electron chi connectivity index (χ1n) is 21.9. The molecule has 0 heterocycles. The maximum atomic E-state index is 12.2. The van der Waals surface area contributed by atoms with Gasteiger partial charge in [0.15, 0.2) is 6.10 Å². The lowest BCUT2D eigenvalue weighted by atomic mass is 10.1. The molecular weight excluding hydrogens is 681 g/mol. The quantitative estimate of drug-likeness (QED) is 0.0385. The fraction of sp³-hybridized carbons (Fsp3) is 0.600. The summed E-state index contributed by atoms with van der Waals surface area (Å²) in [5, 5.41) is 9.55. The molecule has 1 atom stereocenters. The molecule has 0 bridgehead atoms. The summed E-state index contributed by atoms with van der Waals surface area (Å²) < 4.78 is 10.6. The van der Waals surface area contributed by atoms with Crippen LogP contribution in [0, 0.1) is 0 Å². The van der Waals surface area contributed by atoms with Gasteiger partial charge in [-0.2, -0.15) is 0 Å². The predicted molar refractivity (Wildman–Crippen MR) is 237 cm³/mol. The average molecular weight is 761 g/mol. The molecule has 55 heavy (non-hydrogen) atoms. The first-order valence-corrected chi connectivity index (χ1v) is 21.9. The molecule has 1 N–H and O–H groups in total. The number of carbonyl (C=O) groups is 2. The second-order valence-electron chi connectivity index (χ2n) is 14.0. The van der Waals surface area contributed by atoms with E-state index in [0.29, 0.717) is 12.8 Å². The zero-order chi connectivity index (χ0) is 40.0. The fourth-order valence-electron chi connectivity index (χ4n) is 5.54. The van der Waals surface area contributed by atoms with E-state index in [1.807, 2.05) is 0 Å². The number of aliphatic hydroxyl groups is 1. The minimum atomic E-state index is -0.793. The molecule has 0 spiro atoms. The molecule has 0 amide bonds. The van der Waals surface area contributed by atoms with Gasteiger partial charge in [-0.25, -0.2) is 0 Å². The minimum absolute atomic E-state index is 0.0846. The van der Waals surface area contributed by atoms with Crippen molar-refractivity contribution in [2.75, 3.05) is 13.2 Å². The third-order valence-corrected chi connectivity index (χ3v) is 8.83. The van der Waals surface area contributed by atoms with Gasteiger partial charge in [-0.1, -0.05) is 187 Å². The van der Waals surface area contributed by atoms with E-state index in [1.165, 1.54) is 44.9 Å². The third kappa shape index (κ3) is 43.2. The Balaban J connectivity index is 3.70. The van der Waals surface area contributed by atoms with E-state index >= 15 is 0 Å². The van der Waals surface area contributed by atoms with E-state index in [9.17, 15) is 14.7 Å². The fourth-order valence-corrected chi connectivity index (χ4v) is 5.54. The molecule has 0 saturated carbocycles. The van der Waals surface area contributed by atoms with Crippen molar-refractivity contribution < 1.29 is 24.2 Å². The van der Waals surface area contributed by atoms with Crippen LogP contribution in [0.2, 0.25) is 0 Å². The van der Waals surface area contributed by atoms with E-state index in [4.69, 9.17) is 9.47 Å². The van der Waals surface area contributed by atoms with E-state index in [1.54, 1.807) is 0 Å². The van der Waals surface area contributed by atoms with Crippen LogP contribution in [0.3, 0.4) is 0 Å². The van der Waals surface area contributed by atoms with Crippen molar-refractivity contribution in [2.45, 2.75) is 180 Å². The second kappa shape index (κ2) is 45.0. The number of hydrogen-bond donors (Lipinski definition) is 1. The van der Waals surface area contributed by atoms with Gasteiger partial charge in [0.25, 0.3) is 0 Å². The van der Waals surface area contributed by atoms with E-state index in [-0.39, 0.29) is 25.2 Å². The smallest absolute Gasteiger partial charge is 0.306 e. The van der Waals surface area contributed by atoms with Crippen molar-refractivity contribution in [1.29, 1.82) is 0 Å². The van der Waals surface area contributed by atoms with Crippen LogP contribution in [-0.2, 0) is 19.1 Å². The van der Waals surface area contributed by atoms with Crippen molar-refractivity contribution in [3.05, 3.63) is 109 Å². The number of carbonyl (C=O) groups excluding carboxylic acids is 2. The molecule has 0 aliphatic carbocycles. The Morgan fingerprint density at radius 1 is 0.436 bits per heavy atom. The Morgan fingerprint density at radius 2 is 0.782 bits per heavy atom. The van der Waals surface area contributed by atoms with Gasteiger partial charge < -0.3 is 14.6 Å². The van der Waals surface area contributed by atoms with Crippen LogP contribution >= 0.6 is 0 Å². The number of esters is 2. The highest BCUT2D eigenvalue weighted by atomic mass is 16.6. The third-order valence-electron chi connectivity index (χ3n) is 8.83. The molecule has 0 fully saturated rings. The molecule has 5 nitrogen and oxygen atoms in total. The summed E-state index contributed by atoms with van der Waals surface area (Å²) in [7, 11) is 0. The van der Waals surface area contributed by atoms with Gasteiger partial charge in [0.2, 0.25) is 0 Å². The molecule has 1 unspecified atom stereocenters. The topological polar surface area (TPSA) is 72.8 Å². The van der Waals surface area contributed by atoms with E-state index < -0.39 is 6.10 Å². The van der Waals surface area contributed by atoms with Gasteiger partial charge in [-0.05, 0) is 83.5 Å². The van der Waals surface area contributed by atoms with Crippen molar-refractivity contribution in [3.8, 4) is 0 Å². The lowest BCUT2D eigenvalue weighted by molar-refractivity contribution is -0.161. The number of aliphatic hydroxyl groups excluding tert-OH is 1. The van der Waals surface area contributed by atoms with E-state index in [2.05, 4.69) is 123 Å². The Morgan fingerprint density at radius 3 is 1.18 bits per heavy atom. The van der Waals surface area contributed by atoms with Crippen molar-refractivity contribution in [3.63, 3.8) is 0 Å². The monoisotopic (exact) mass is 761 g/mol. The first-order chi connectivity index (χ1) is 27.1. The molecule has 0 aromatic carbocycles. The first kappa shape index (κ1) is 51.6. The molecule has 310 valence electrons. The molecule has 0 aliphatic heterocycles. The Hall–Kier alpha value is -3.44. The molecule has 0 saturated heterocycles. The largest absolute Gasteiger partial charge is 0.462 e. The van der Waals surface area contributed by atoms with Gasteiger partial charge in [-0.15, -0.1) is 0 Å². The Bertz CT molecular complexity index is 1130. The van der Waals surface area contributed by atoms with Crippen LogP contribution in [-0.4, -0.2) is 36.4 Å². The van der Waals surface area contributed by atoms with Gasteiger partial charge in [0.05, 0.1) is 6.61 Å². The molecule has 0 aromatic rings. The lowest BCUT2D eigenvalue weighted by Crippen LogP contribution is -2.28. The highest BCUT2D eigenvalue weighted by Crippen LogP contribution is 2.12. The molecular formula is C50H80O5. The standard InChI is InChI=1S/C50H80O5/c1-3-5-7-9-11-13-15-16-17-18-19-20-21-22-23-24-25-26-27-28-29-30-31-32-33-34-35-37-39-41-43-45-50(53)55-48(46-51)47-54-49(52)44-42-40-38-36-14-12-10-8-6-4-2/h5,7,11,13,16-17,19-20,22-23,25-26,28-29,31-32,34-35,48,51H,3-4,6,8-10,12,14-15,18,21,24,27,30,33,36-47H2,1-2H3/b7-5-,13-11-,17-16-,20-19-,23-22-,26-25-,29-28-,32-31-,35-34-. The summed E-state index contributed by atoms with van der Waals surface area (Å²) in [6.07, 6.45) is 64.5. The number of hydrogen-bond acceptors (Lipinski definition) is 5. The number of ether oxygens (including phenoxy) is 2. The van der Waals surface area contributed by atoms with Crippen molar-refractivity contribution in [2.24, 2.45) is 0 Å². The number of allylic oxidation sites excluding steroid dienone is 18. The summed E-state index contributed by atoms with van der Waals surface area (Å²) >= 11 is 0. The summed E-state index contributed by atoms with van der Waals surface area (Å²) in [5.41, 5.74) is 0. The zero-order valence-electron chi connectivity index (χ0n) is 35.1. The second-order valence-corrected chi connectivity index (χ2v) is 14.0. The average Bonchev–Trinajstić information content (AvgIpc) is 3.19. The normalized spacial score (nSPS) is 13.3. The van der Waals surface area contributed by atoms with Crippen LogP contribution in [0.5, 0.6) is 0 Å². The molecule has 0 aromatic heterocycles. The van der Waals surface area contributed by atoms with Gasteiger partial charge in [-0.3, -0.25) is 9.59 Å². The summed E-state index contributed by atoms with van der Waals surface area (Å²) in [6.45, 7) is 3.96. The van der Waals surface area contributed by atoms with Gasteiger partial charge >= 0.3 is 11.9 Å². The molecule has 0 rings (SSSR count). The predicted octanol–water partition coefficient (Wildman–Crippen LogP) is 14.2. The highest BCUT2D eigenvalue weighted by Gasteiger charge is 2.16. The molecule has 0 aliphatic rings. The van der Waals surface area contributed by atoms with Crippen LogP contribution in [0.15, 0.2) is 109 Å². The van der Waals surface area contributed by atoms with Gasteiger partial charge in [0, 0.05) is 12.8 Å². The highest BCUT2D eigenvalue weighted by molar-refractivity contribution is 5.70. The molecule has 5 heteroatoms. The maximum absolute atomic E-state index is 12.2. The van der Waals surface area contributed by atoms with Crippen molar-refractivity contribution in [1.82, 2.24) is 0 Å². The Kier molecular flexibility index (Phi) is 42.1.